The molecule has 0 aliphatic carbocycles. The van der Waals surface area contributed by atoms with E-state index in [4.69, 9.17) is 4.74 Å². The van der Waals surface area contributed by atoms with E-state index in [1.165, 1.54) is 4.90 Å². The molecule has 2 aromatic carbocycles. The van der Waals surface area contributed by atoms with Gasteiger partial charge in [-0.1, -0.05) is 60.7 Å². The number of hydrogen-bond donors (Lipinski definition) is 2. The molecule has 1 unspecified atom stereocenters. The summed E-state index contributed by atoms with van der Waals surface area (Å²) in [7, 11) is 0. The van der Waals surface area contributed by atoms with Crippen molar-refractivity contribution in [1.29, 1.82) is 0 Å². The van der Waals surface area contributed by atoms with E-state index in [0.717, 1.165) is 5.56 Å². The van der Waals surface area contributed by atoms with Gasteiger partial charge in [0, 0.05) is 12.6 Å². The molecule has 0 heterocycles. The van der Waals surface area contributed by atoms with Crippen LogP contribution in [0.25, 0.3) is 0 Å². The van der Waals surface area contributed by atoms with E-state index in [9.17, 15) is 14.4 Å². The zero-order chi connectivity index (χ0) is 23.7. The van der Waals surface area contributed by atoms with Crippen LogP contribution >= 0.6 is 0 Å². The van der Waals surface area contributed by atoms with Gasteiger partial charge >= 0.3 is 6.09 Å². The maximum absolute atomic E-state index is 13.3. The van der Waals surface area contributed by atoms with E-state index < -0.39 is 17.7 Å². The van der Waals surface area contributed by atoms with Crippen LogP contribution in [0.2, 0.25) is 0 Å². The summed E-state index contributed by atoms with van der Waals surface area (Å²) in [5.74, 6) is -0.672. The normalized spacial score (nSPS) is 12.1. The summed E-state index contributed by atoms with van der Waals surface area (Å²) in [5, 5.41) is 5.43. The molecule has 3 amide bonds. The molecule has 7 nitrogen and oxygen atoms in total. The SMILES string of the molecule is CC(C)N(C(=O)CNC(=O)OC(C)(C)C)C(C(=O)NCc1ccccc1)c1ccccc1. The lowest BCUT2D eigenvalue weighted by atomic mass is 10.0. The first-order valence-electron chi connectivity index (χ1n) is 10.7. The van der Waals surface area contributed by atoms with Gasteiger partial charge in [0.15, 0.2) is 0 Å². The van der Waals surface area contributed by atoms with Crippen LogP contribution in [-0.4, -0.2) is 41.0 Å². The number of alkyl carbamates (subject to hydrolysis) is 1. The molecule has 2 rings (SSSR count). The maximum atomic E-state index is 13.3. The number of nitrogens with zero attached hydrogens (tertiary/aromatic N) is 1. The minimum absolute atomic E-state index is 0.275. The van der Waals surface area contributed by atoms with E-state index in [-0.39, 0.29) is 24.4 Å². The van der Waals surface area contributed by atoms with E-state index >= 15 is 0 Å². The van der Waals surface area contributed by atoms with Crippen molar-refractivity contribution >= 4 is 17.9 Å². The van der Waals surface area contributed by atoms with Crippen molar-refractivity contribution in [2.75, 3.05) is 6.54 Å². The number of benzene rings is 2. The second kappa shape index (κ2) is 11.3. The summed E-state index contributed by atoms with van der Waals surface area (Å²) in [4.78, 5) is 39.9. The Kier molecular flexibility index (Phi) is 8.81. The zero-order valence-corrected chi connectivity index (χ0v) is 19.4. The molecule has 0 fully saturated rings. The van der Waals surface area contributed by atoms with Crippen molar-refractivity contribution in [3.63, 3.8) is 0 Å². The molecule has 2 aromatic rings. The van der Waals surface area contributed by atoms with Gasteiger partial charge in [0.25, 0.3) is 0 Å². The molecule has 172 valence electrons. The highest BCUT2D eigenvalue weighted by atomic mass is 16.6. The highest BCUT2D eigenvalue weighted by molar-refractivity contribution is 5.90. The van der Waals surface area contributed by atoms with E-state index in [1.54, 1.807) is 20.8 Å². The lowest BCUT2D eigenvalue weighted by molar-refractivity contribution is -0.142. The predicted octanol–water partition coefficient (Wildman–Crippen LogP) is 3.81. The van der Waals surface area contributed by atoms with Crippen LogP contribution in [0.1, 0.15) is 51.8 Å². The quantitative estimate of drug-likeness (QED) is 0.655. The third-order valence-corrected chi connectivity index (χ3v) is 4.58. The number of ether oxygens (including phenoxy) is 1. The molecule has 0 saturated heterocycles. The average Bonchev–Trinajstić information content (AvgIpc) is 2.74. The Balaban J connectivity index is 2.21. The smallest absolute Gasteiger partial charge is 0.408 e. The predicted molar refractivity (Wildman–Crippen MR) is 124 cm³/mol. The Morgan fingerprint density at radius 1 is 0.906 bits per heavy atom. The Morgan fingerprint density at radius 3 is 2.00 bits per heavy atom. The number of carbonyl (C=O) groups is 3. The Labute approximate surface area is 190 Å². The molecule has 7 heteroatoms. The minimum atomic E-state index is -0.840. The van der Waals surface area contributed by atoms with Crippen molar-refractivity contribution in [3.8, 4) is 0 Å². The van der Waals surface area contributed by atoms with Crippen LogP contribution in [0.5, 0.6) is 0 Å². The minimum Gasteiger partial charge on any atom is -0.444 e. The standard InChI is InChI=1S/C25H33N3O4/c1-18(2)28(21(29)17-27-24(31)32-25(3,4)5)22(20-14-10-7-11-15-20)23(30)26-16-19-12-8-6-9-13-19/h6-15,18,22H,16-17H2,1-5H3,(H,26,30)(H,27,31). The van der Waals surface area contributed by atoms with Crippen molar-refractivity contribution in [1.82, 2.24) is 15.5 Å². The fraction of sp³-hybridized carbons (Fsp3) is 0.400. The fourth-order valence-electron chi connectivity index (χ4n) is 3.24. The summed E-state index contributed by atoms with van der Waals surface area (Å²) in [6, 6.07) is 17.6. The second-order valence-electron chi connectivity index (χ2n) is 8.77. The van der Waals surface area contributed by atoms with Crippen LogP contribution in [0.3, 0.4) is 0 Å². The summed E-state index contributed by atoms with van der Waals surface area (Å²) in [6.45, 7) is 8.99. The fourth-order valence-corrected chi connectivity index (χ4v) is 3.24. The molecular weight excluding hydrogens is 406 g/mol. The molecule has 32 heavy (non-hydrogen) atoms. The van der Waals surface area contributed by atoms with Gasteiger partial charge < -0.3 is 20.3 Å². The Hall–Kier alpha value is -3.35. The number of hydrogen-bond acceptors (Lipinski definition) is 4. The number of amides is 3. The topological polar surface area (TPSA) is 87.7 Å². The Morgan fingerprint density at radius 2 is 1.47 bits per heavy atom. The van der Waals surface area contributed by atoms with Crippen LogP contribution in [-0.2, 0) is 20.9 Å². The summed E-state index contributed by atoms with van der Waals surface area (Å²) >= 11 is 0. The van der Waals surface area contributed by atoms with Gasteiger partial charge in [-0.25, -0.2) is 4.79 Å². The van der Waals surface area contributed by atoms with Crippen LogP contribution in [0.15, 0.2) is 60.7 Å². The van der Waals surface area contributed by atoms with Gasteiger partial charge in [0.1, 0.15) is 18.2 Å². The molecular formula is C25H33N3O4. The summed E-state index contributed by atoms with van der Waals surface area (Å²) in [6.07, 6.45) is -0.681. The van der Waals surface area contributed by atoms with Gasteiger partial charge in [-0.05, 0) is 45.7 Å². The lowest BCUT2D eigenvalue weighted by Gasteiger charge is -2.34. The van der Waals surface area contributed by atoms with Crippen molar-refractivity contribution in [2.45, 2.75) is 58.8 Å². The van der Waals surface area contributed by atoms with Gasteiger partial charge in [0.05, 0.1) is 0 Å². The van der Waals surface area contributed by atoms with Crippen molar-refractivity contribution < 1.29 is 19.1 Å². The van der Waals surface area contributed by atoms with E-state index in [0.29, 0.717) is 12.1 Å². The first-order valence-corrected chi connectivity index (χ1v) is 10.7. The van der Waals surface area contributed by atoms with E-state index in [1.807, 2.05) is 74.5 Å². The van der Waals surface area contributed by atoms with Gasteiger partial charge in [-0.2, -0.15) is 0 Å². The Bertz CT molecular complexity index is 892. The highest BCUT2D eigenvalue weighted by Crippen LogP contribution is 2.24. The van der Waals surface area contributed by atoms with Crippen molar-refractivity contribution in [2.24, 2.45) is 0 Å². The molecule has 1 atom stereocenters. The zero-order valence-electron chi connectivity index (χ0n) is 19.4. The molecule has 0 aliphatic heterocycles. The molecule has 0 saturated carbocycles. The maximum Gasteiger partial charge on any atom is 0.408 e. The first kappa shape index (κ1) is 24.9. The largest absolute Gasteiger partial charge is 0.444 e. The third-order valence-electron chi connectivity index (χ3n) is 4.58. The molecule has 0 radical (unpaired) electrons. The second-order valence-corrected chi connectivity index (χ2v) is 8.77. The van der Waals surface area contributed by atoms with Crippen LogP contribution < -0.4 is 10.6 Å². The number of rotatable bonds is 8. The molecule has 0 spiro atoms. The molecule has 0 aromatic heterocycles. The molecule has 0 bridgehead atoms. The van der Waals surface area contributed by atoms with Gasteiger partial charge in [0.2, 0.25) is 11.8 Å². The molecule has 2 N–H and O–H groups in total. The third kappa shape index (κ3) is 7.72. The summed E-state index contributed by atoms with van der Waals surface area (Å²) < 4.78 is 5.21. The monoisotopic (exact) mass is 439 g/mol. The van der Waals surface area contributed by atoms with Crippen LogP contribution in [0, 0.1) is 0 Å². The lowest BCUT2D eigenvalue weighted by Crippen LogP contribution is -2.50. The van der Waals surface area contributed by atoms with Crippen molar-refractivity contribution in [3.05, 3.63) is 71.8 Å². The number of carbonyl (C=O) groups excluding carboxylic acids is 3. The first-order chi connectivity index (χ1) is 15.1. The van der Waals surface area contributed by atoms with Gasteiger partial charge in [-0.3, -0.25) is 9.59 Å². The van der Waals surface area contributed by atoms with E-state index in [2.05, 4.69) is 10.6 Å². The van der Waals surface area contributed by atoms with Crippen LogP contribution in [0.4, 0.5) is 4.79 Å². The molecule has 0 aliphatic rings. The number of nitrogens with one attached hydrogen (secondary N) is 2. The average molecular weight is 440 g/mol. The highest BCUT2D eigenvalue weighted by Gasteiger charge is 2.33. The van der Waals surface area contributed by atoms with Gasteiger partial charge in [-0.15, -0.1) is 0 Å². The summed E-state index contributed by atoms with van der Waals surface area (Å²) in [5.41, 5.74) is 0.980.